The van der Waals surface area contributed by atoms with E-state index in [2.05, 4.69) is 25.6 Å². The van der Waals surface area contributed by atoms with E-state index in [-0.39, 0.29) is 30.7 Å². The first-order chi connectivity index (χ1) is 16.8. The molecular formula is C24H32ClN5O5S. The molecule has 1 unspecified atom stereocenters. The van der Waals surface area contributed by atoms with E-state index in [1.807, 2.05) is 36.5 Å². The van der Waals surface area contributed by atoms with Crippen LogP contribution in [0, 0.1) is 6.92 Å². The summed E-state index contributed by atoms with van der Waals surface area (Å²) < 4.78 is 0. The number of carbonyl (C=O) groups is 3. The number of hydrogen-bond acceptors (Lipinski definition) is 6. The third-order valence-corrected chi connectivity index (χ3v) is 5.97. The summed E-state index contributed by atoms with van der Waals surface area (Å²) in [6.07, 6.45) is 5.16. The molecule has 1 aliphatic heterocycles. The van der Waals surface area contributed by atoms with Crippen LogP contribution in [0.4, 0.5) is 5.13 Å². The lowest BCUT2D eigenvalue weighted by Gasteiger charge is -2.15. The van der Waals surface area contributed by atoms with E-state index >= 15 is 0 Å². The molecule has 2 heterocycles. The fraction of sp³-hybridized carbons (Fsp3) is 0.417. The maximum Gasteiger partial charge on any atom is 0.303 e. The van der Waals surface area contributed by atoms with Crippen LogP contribution in [0.5, 0.6) is 0 Å². The molecule has 1 aromatic heterocycles. The molecule has 0 fully saturated rings. The summed E-state index contributed by atoms with van der Waals surface area (Å²) in [6, 6.07) is 9.72. The molecular weight excluding hydrogens is 506 g/mol. The number of carbonyl (C=O) groups excluding carboxylic acids is 1. The number of nitrogens with zero attached hydrogens (tertiary/aromatic N) is 3. The molecule has 1 atom stereocenters. The molecule has 36 heavy (non-hydrogen) atoms. The van der Waals surface area contributed by atoms with E-state index in [0.717, 1.165) is 44.7 Å². The van der Waals surface area contributed by atoms with Gasteiger partial charge in [0, 0.05) is 32.6 Å². The van der Waals surface area contributed by atoms with Gasteiger partial charge in [0.15, 0.2) is 0 Å². The Morgan fingerprint density at radius 3 is 2.50 bits per heavy atom. The Balaban J connectivity index is 0.00000120. The number of aliphatic imine (C=N–C) groups is 2. The second-order valence-corrected chi connectivity index (χ2v) is 8.83. The highest BCUT2D eigenvalue weighted by molar-refractivity contribution is 7.17. The van der Waals surface area contributed by atoms with Crippen molar-refractivity contribution in [3.05, 3.63) is 46.5 Å². The van der Waals surface area contributed by atoms with Crippen molar-refractivity contribution in [1.82, 2.24) is 15.6 Å². The second-order valence-electron chi connectivity index (χ2n) is 7.85. The maximum absolute atomic E-state index is 12.5. The number of aliphatic carboxylic acids is 2. The van der Waals surface area contributed by atoms with Gasteiger partial charge in [-0.15, -0.1) is 12.4 Å². The van der Waals surface area contributed by atoms with Gasteiger partial charge >= 0.3 is 5.97 Å². The summed E-state index contributed by atoms with van der Waals surface area (Å²) in [5, 5.41) is 23.1. The molecule has 1 aromatic carbocycles. The van der Waals surface area contributed by atoms with Gasteiger partial charge in [0.2, 0.25) is 11.1 Å². The predicted octanol–water partition coefficient (Wildman–Crippen LogP) is 4.17. The number of aromatic nitrogens is 1. The zero-order chi connectivity index (χ0) is 25.6. The van der Waals surface area contributed by atoms with Crippen LogP contribution in [-0.4, -0.2) is 58.3 Å². The van der Waals surface area contributed by atoms with Gasteiger partial charge in [0.1, 0.15) is 4.88 Å². The van der Waals surface area contributed by atoms with Crippen molar-refractivity contribution in [3.8, 4) is 0 Å². The summed E-state index contributed by atoms with van der Waals surface area (Å²) in [7, 11) is 0. The number of amides is 1. The Kier molecular flexibility index (Phi) is 14.0. The monoisotopic (exact) mass is 537 g/mol. The number of carboxylic acid groups (broad SMARTS) is 2. The van der Waals surface area contributed by atoms with Crippen LogP contribution in [0.3, 0.4) is 0 Å². The van der Waals surface area contributed by atoms with Crippen LogP contribution in [0.2, 0.25) is 0 Å². The summed E-state index contributed by atoms with van der Waals surface area (Å²) >= 11 is 1.24. The lowest BCUT2D eigenvalue weighted by molar-refractivity contribution is -0.137. The highest BCUT2D eigenvalue weighted by atomic mass is 35.5. The highest BCUT2D eigenvalue weighted by Gasteiger charge is 2.17. The van der Waals surface area contributed by atoms with Crippen LogP contribution in [0.25, 0.3) is 0 Å². The van der Waals surface area contributed by atoms with Crippen LogP contribution in [0.15, 0.2) is 40.3 Å². The number of nitrogens with one attached hydrogen (secondary N) is 2. The van der Waals surface area contributed by atoms with Crippen LogP contribution < -0.4 is 10.6 Å². The predicted molar refractivity (Wildman–Crippen MR) is 143 cm³/mol. The summed E-state index contributed by atoms with van der Waals surface area (Å²) in [5.74, 6) is -1.29. The van der Waals surface area contributed by atoms with Crippen molar-refractivity contribution in [2.75, 3.05) is 13.1 Å². The van der Waals surface area contributed by atoms with Crippen molar-refractivity contribution in [2.24, 2.45) is 9.98 Å². The van der Waals surface area contributed by atoms with Gasteiger partial charge in [0.25, 0.3) is 11.9 Å². The van der Waals surface area contributed by atoms with Gasteiger partial charge in [0.05, 0.1) is 12.1 Å². The van der Waals surface area contributed by atoms with E-state index in [0.29, 0.717) is 28.2 Å². The Bertz CT molecular complexity index is 1050. The lowest BCUT2D eigenvalue weighted by atomic mass is 9.90. The number of unbranched alkanes of at least 4 members (excludes halogenated alkanes) is 1. The minimum absolute atomic E-state index is 0. The van der Waals surface area contributed by atoms with Crippen molar-refractivity contribution in [1.29, 1.82) is 0 Å². The number of guanidine groups is 1. The molecule has 0 radical (unpaired) electrons. The van der Waals surface area contributed by atoms with Gasteiger partial charge in [-0.25, -0.2) is 9.98 Å². The molecule has 2 aromatic rings. The smallest absolute Gasteiger partial charge is 0.303 e. The number of thiazole rings is 1. The van der Waals surface area contributed by atoms with Crippen molar-refractivity contribution < 1.29 is 24.6 Å². The second kappa shape index (κ2) is 16.4. The van der Waals surface area contributed by atoms with Gasteiger partial charge in [-0.2, -0.15) is 4.99 Å². The van der Waals surface area contributed by atoms with E-state index in [9.17, 15) is 14.7 Å². The van der Waals surface area contributed by atoms with Crippen LogP contribution >= 0.6 is 23.7 Å². The molecule has 10 nitrogen and oxygen atoms in total. The summed E-state index contributed by atoms with van der Waals surface area (Å²) in [6.45, 7) is 4.20. The molecule has 0 saturated carbocycles. The third kappa shape index (κ3) is 11.4. The van der Waals surface area contributed by atoms with Crippen molar-refractivity contribution in [3.63, 3.8) is 0 Å². The Morgan fingerprint density at radius 2 is 1.89 bits per heavy atom. The van der Waals surface area contributed by atoms with Crippen LogP contribution in [0.1, 0.15) is 65.9 Å². The molecule has 0 saturated heterocycles. The number of rotatable bonds is 10. The van der Waals surface area contributed by atoms with Crippen molar-refractivity contribution in [2.45, 2.75) is 51.9 Å². The maximum atomic E-state index is 12.5. The number of halogens is 1. The normalized spacial score (nSPS) is 14.0. The van der Waals surface area contributed by atoms with Gasteiger partial charge < -0.3 is 20.8 Å². The van der Waals surface area contributed by atoms with Gasteiger partial charge in [-0.3, -0.25) is 14.4 Å². The molecule has 0 aliphatic carbocycles. The molecule has 0 bridgehead atoms. The number of carboxylic acids is 2. The van der Waals surface area contributed by atoms with Gasteiger partial charge in [-0.05, 0) is 31.2 Å². The first-order valence-electron chi connectivity index (χ1n) is 11.3. The van der Waals surface area contributed by atoms with E-state index in [1.165, 1.54) is 11.3 Å². The summed E-state index contributed by atoms with van der Waals surface area (Å²) in [4.78, 5) is 46.1. The Morgan fingerprint density at radius 1 is 1.19 bits per heavy atom. The minimum atomic E-state index is -0.833. The molecule has 3 rings (SSSR count). The zero-order valence-corrected chi connectivity index (χ0v) is 21.9. The molecule has 12 heteroatoms. The minimum Gasteiger partial charge on any atom is -0.481 e. The first kappa shape index (κ1) is 30.7. The topological polar surface area (TPSA) is 153 Å². The lowest BCUT2D eigenvalue weighted by Crippen LogP contribution is -2.26. The largest absolute Gasteiger partial charge is 0.481 e. The molecule has 0 spiro atoms. The third-order valence-electron chi connectivity index (χ3n) is 4.92. The van der Waals surface area contributed by atoms with E-state index < -0.39 is 11.9 Å². The average molecular weight is 538 g/mol. The zero-order valence-electron chi connectivity index (χ0n) is 20.3. The first-order valence-corrected chi connectivity index (χ1v) is 12.1. The summed E-state index contributed by atoms with van der Waals surface area (Å²) in [5.41, 5.74) is 1.69. The molecule has 1 aliphatic rings. The van der Waals surface area contributed by atoms with E-state index in [1.54, 1.807) is 6.92 Å². The average Bonchev–Trinajstić information content (AvgIpc) is 3.18. The molecule has 196 valence electrons. The highest BCUT2D eigenvalue weighted by Crippen LogP contribution is 2.26. The van der Waals surface area contributed by atoms with E-state index in [4.69, 9.17) is 9.90 Å². The standard InChI is InChI=1S/C22H27N5O3S.C2H4O2.ClH/c1-15-19(31-22(26-15)27-21-24-12-7-13-25-21)20(30)23-11-6-5-10-17(14-18(28)29)16-8-3-2-4-9-16;1-2(3)4;/h2-4,8-9,12,17H,5-7,10-11,13-14H2,1H3,(H,23,30)(H,28,29)(H,25,26,27);1H3,(H,3,4);1H. The number of hydrogen-bond donors (Lipinski definition) is 4. The fourth-order valence-corrected chi connectivity index (χ4v) is 4.22. The Hall–Kier alpha value is -3.31. The SMILES string of the molecule is CC(=O)O.Cc1nc(N=C2N=CCCN2)sc1C(=O)NCCCCC(CC(=O)O)c1ccccc1.Cl. The fourth-order valence-electron chi connectivity index (χ4n) is 3.37. The number of aryl methyl sites for hydroxylation is 1. The van der Waals surface area contributed by atoms with Crippen molar-refractivity contribution >= 4 is 58.9 Å². The Labute approximate surface area is 220 Å². The number of benzene rings is 1. The quantitative estimate of drug-likeness (QED) is 0.331. The molecule has 4 N–H and O–H groups in total. The van der Waals surface area contributed by atoms with Gasteiger partial charge in [-0.1, -0.05) is 48.1 Å². The van der Waals surface area contributed by atoms with Crippen LogP contribution in [-0.2, 0) is 9.59 Å². The molecule has 1 amide bonds.